The summed E-state index contributed by atoms with van der Waals surface area (Å²) in [7, 11) is -2.48. The van der Waals surface area contributed by atoms with Gasteiger partial charge in [0.25, 0.3) is 0 Å². The quantitative estimate of drug-likeness (QED) is 0.409. The van der Waals surface area contributed by atoms with Gasteiger partial charge < -0.3 is 8.85 Å². The molecule has 1 aromatic rings. The van der Waals surface area contributed by atoms with E-state index in [2.05, 4.69) is 4.99 Å². The molecule has 0 unspecified atom stereocenters. The summed E-state index contributed by atoms with van der Waals surface area (Å²) in [6.07, 6.45) is 1.56. The summed E-state index contributed by atoms with van der Waals surface area (Å²) >= 11 is 0. The summed E-state index contributed by atoms with van der Waals surface area (Å²) in [5, 5.41) is 1.08. The molecule has 0 aromatic heterocycles. The van der Waals surface area contributed by atoms with Gasteiger partial charge in [-0.2, -0.15) is 0 Å². The van der Waals surface area contributed by atoms with Gasteiger partial charge in [-0.05, 0) is 19.0 Å². The third kappa shape index (κ3) is 3.89. The van der Waals surface area contributed by atoms with Gasteiger partial charge in [0, 0.05) is 19.3 Å². The highest BCUT2D eigenvalue weighted by molar-refractivity contribution is 6.81. The zero-order valence-electron chi connectivity index (χ0n) is 10.9. The second kappa shape index (κ2) is 7.95. The van der Waals surface area contributed by atoms with Gasteiger partial charge in [-0.1, -0.05) is 30.3 Å². The lowest BCUT2D eigenvalue weighted by Crippen LogP contribution is -2.54. The van der Waals surface area contributed by atoms with E-state index >= 15 is 0 Å². The van der Waals surface area contributed by atoms with Crippen molar-refractivity contribution >= 4 is 19.8 Å². The lowest BCUT2D eigenvalue weighted by atomic mass is 10.4. The first kappa shape index (κ1) is 14.8. The molecule has 0 fully saturated rings. The summed E-state index contributed by atoms with van der Waals surface area (Å²) < 4.78 is 11.9. The highest BCUT2D eigenvalue weighted by Crippen LogP contribution is 2.14. The van der Waals surface area contributed by atoms with Crippen molar-refractivity contribution < 1.29 is 13.6 Å². The Hall–Kier alpha value is -1.26. The third-order valence-electron chi connectivity index (χ3n) is 2.59. The highest BCUT2D eigenvalue weighted by atomic mass is 28.4. The second-order valence-electron chi connectivity index (χ2n) is 3.71. The second-order valence-corrected chi connectivity index (χ2v) is 6.87. The Bertz CT molecular complexity index is 384. The van der Waals surface area contributed by atoms with E-state index in [1.165, 1.54) is 0 Å². The van der Waals surface area contributed by atoms with Gasteiger partial charge in [0.15, 0.2) is 0 Å². The van der Waals surface area contributed by atoms with Gasteiger partial charge in [-0.15, -0.1) is 0 Å². The minimum atomic E-state index is -2.48. The van der Waals surface area contributed by atoms with Crippen LogP contribution in [0.3, 0.4) is 0 Å². The summed E-state index contributed by atoms with van der Waals surface area (Å²) in [4.78, 5) is 13.8. The molecule has 0 heterocycles. The zero-order valence-corrected chi connectivity index (χ0v) is 11.9. The van der Waals surface area contributed by atoms with Crippen LogP contribution >= 0.6 is 0 Å². The van der Waals surface area contributed by atoms with Crippen LogP contribution in [0, 0.1) is 0 Å². The summed E-state index contributed by atoms with van der Waals surface area (Å²) in [6.45, 7) is 5.47. The molecule has 0 spiro atoms. The van der Waals surface area contributed by atoms with Gasteiger partial charge in [0.2, 0.25) is 6.08 Å². The van der Waals surface area contributed by atoms with Crippen molar-refractivity contribution in [1.29, 1.82) is 0 Å². The Morgan fingerprint density at radius 3 is 2.28 bits per heavy atom. The summed E-state index contributed by atoms with van der Waals surface area (Å²) in [5.74, 6) is 0. The van der Waals surface area contributed by atoms with E-state index in [1.807, 2.05) is 44.2 Å². The van der Waals surface area contributed by atoms with E-state index in [0.717, 1.165) is 5.19 Å². The standard InChI is InChI=1S/C13H19NO3Si/c1-3-16-18(17-4-2,11-10-14-12-15)13-8-6-5-7-9-13/h5-9H,3-4,10-11H2,1-2H3. The van der Waals surface area contributed by atoms with E-state index in [-0.39, 0.29) is 0 Å². The van der Waals surface area contributed by atoms with Crippen LogP contribution in [0.25, 0.3) is 0 Å². The molecule has 0 N–H and O–H groups in total. The van der Waals surface area contributed by atoms with Crippen molar-refractivity contribution in [2.45, 2.75) is 19.9 Å². The number of hydrogen-bond acceptors (Lipinski definition) is 4. The highest BCUT2D eigenvalue weighted by Gasteiger charge is 2.39. The average molecular weight is 265 g/mol. The Morgan fingerprint density at radius 2 is 1.78 bits per heavy atom. The third-order valence-corrected chi connectivity index (χ3v) is 6.19. The first-order chi connectivity index (χ1) is 8.79. The van der Waals surface area contributed by atoms with Crippen molar-refractivity contribution in [1.82, 2.24) is 0 Å². The predicted molar refractivity (Wildman–Crippen MR) is 72.9 cm³/mol. The average Bonchev–Trinajstić information content (AvgIpc) is 2.40. The number of benzene rings is 1. The molecule has 0 aliphatic carbocycles. The van der Waals surface area contributed by atoms with Crippen molar-refractivity contribution in [2.24, 2.45) is 4.99 Å². The molecule has 18 heavy (non-hydrogen) atoms. The number of nitrogens with zero attached hydrogens (tertiary/aromatic N) is 1. The Morgan fingerprint density at radius 1 is 1.17 bits per heavy atom. The van der Waals surface area contributed by atoms with Gasteiger partial charge in [0.1, 0.15) is 0 Å². The van der Waals surface area contributed by atoms with Crippen LogP contribution in [0.2, 0.25) is 6.04 Å². The minimum Gasteiger partial charge on any atom is -0.391 e. The Kier molecular flexibility index (Phi) is 6.53. The SMILES string of the molecule is CCO[Si](CCN=C=O)(OCC)c1ccccc1. The first-order valence-electron chi connectivity index (χ1n) is 6.16. The Labute approximate surface area is 109 Å². The smallest absolute Gasteiger partial charge is 0.374 e. The maximum Gasteiger partial charge on any atom is 0.374 e. The molecule has 1 aromatic carbocycles. The molecule has 0 aliphatic heterocycles. The number of rotatable bonds is 8. The van der Waals surface area contributed by atoms with Crippen LogP contribution in [-0.4, -0.2) is 34.4 Å². The van der Waals surface area contributed by atoms with Crippen LogP contribution in [0.1, 0.15) is 13.8 Å². The minimum absolute atomic E-state index is 0.393. The number of isocyanates is 1. The number of aliphatic imine (C=N–C) groups is 1. The van der Waals surface area contributed by atoms with Crippen molar-refractivity contribution in [3.8, 4) is 0 Å². The number of hydrogen-bond donors (Lipinski definition) is 0. The fourth-order valence-electron chi connectivity index (χ4n) is 1.90. The molecule has 0 aliphatic rings. The van der Waals surface area contributed by atoms with Crippen LogP contribution in [0.4, 0.5) is 0 Å². The van der Waals surface area contributed by atoms with E-state index in [9.17, 15) is 4.79 Å². The van der Waals surface area contributed by atoms with Gasteiger partial charge >= 0.3 is 8.56 Å². The molecule has 1 rings (SSSR count). The van der Waals surface area contributed by atoms with E-state index < -0.39 is 8.56 Å². The molecular formula is C13H19NO3Si. The summed E-state index contributed by atoms with van der Waals surface area (Å²) in [5.41, 5.74) is 0. The molecule has 4 nitrogen and oxygen atoms in total. The molecule has 5 heteroatoms. The lowest BCUT2D eigenvalue weighted by molar-refractivity contribution is 0.196. The maximum absolute atomic E-state index is 10.2. The zero-order chi connectivity index (χ0) is 13.3. The van der Waals surface area contributed by atoms with Gasteiger partial charge in [-0.3, -0.25) is 0 Å². The predicted octanol–water partition coefficient (Wildman–Crippen LogP) is 1.74. The van der Waals surface area contributed by atoms with Crippen molar-refractivity contribution in [2.75, 3.05) is 19.8 Å². The van der Waals surface area contributed by atoms with Gasteiger partial charge in [0.05, 0.1) is 6.54 Å². The number of carbonyl (C=O) groups excluding carboxylic acids is 1. The molecule has 0 atom stereocenters. The Balaban J connectivity index is 2.99. The van der Waals surface area contributed by atoms with Crippen LogP contribution in [0.15, 0.2) is 35.3 Å². The monoisotopic (exact) mass is 265 g/mol. The van der Waals surface area contributed by atoms with E-state index in [4.69, 9.17) is 8.85 Å². The molecule has 0 radical (unpaired) electrons. The largest absolute Gasteiger partial charge is 0.391 e. The first-order valence-corrected chi connectivity index (χ1v) is 8.18. The van der Waals surface area contributed by atoms with Crippen molar-refractivity contribution in [3.63, 3.8) is 0 Å². The molecule has 0 amide bonds. The molecule has 0 saturated heterocycles. The normalized spacial score (nSPS) is 11.0. The fourth-order valence-corrected chi connectivity index (χ4v) is 4.94. The lowest BCUT2D eigenvalue weighted by Gasteiger charge is -2.29. The fraction of sp³-hybridized carbons (Fsp3) is 0.462. The van der Waals surface area contributed by atoms with Crippen molar-refractivity contribution in [3.05, 3.63) is 30.3 Å². The van der Waals surface area contributed by atoms with Crippen LogP contribution in [0.5, 0.6) is 0 Å². The maximum atomic E-state index is 10.2. The summed E-state index contributed by atoms with van der Waals surface area (Å²) in [6, 6.07) is 10.6. The molecule has 0 saturated carbocycles. The molecule has 0 bridgehead atoms. The topological polar surface area (TPSA) is 47.9 Å². The van der Waals surface area contributed by atoms with Gasteiger partial charge in [-0.25, -0.2) is 9.79 Å². The molecular weight excluding hydrogens is 246 g/mol. The van der Waals surface area contributed by atoms with E-state index in [1.54, 1.807) is 6.08 Å². The van der Waals surface area contributed by atoms with E-state index in [0.29, 0.717) is 25.8 Å². The van der Waals surface area contributed by atoms with Crippen LogP contribution in [-0.2, 0) is 13.6 Å². The molecule has 98 valence electrons. The van der Waals surface area contributed by atoms with Crippen LogP contribution < -0.4 is 5.19 Å².